The van der Waals surface area contributed by atoms with Crippen LogP contribution in [0.2, 0.25) is 0 Å². The molecule has 0 atom stereocenters. The third-order valence-corrected chi connectivity index (χ3v) is 3.96. The molecular weight excluding hydrogens is 278 g/mol. The number of aryl methyl sites for hydroxylation is 1. The Balaban J connectivity index is 2.44. The van der Waals surface area contributed by atoms with Gasteiger partial charge >= 0.3 is 5.97 Å². The highest BCUT2D eigenvalue weighted by Gasteiger charge is 2.12. The average Bonchev–Trinajstić information content (AvgIpc) is 2.54. The van der Waals surface area contributed by atoms with Gasteiger partial charge in [0, 0.05) is 17.3 Å². The SMILES string of the molecule is CCCCn1c(=O)c2ccccc2c2cc(C(=O)O)ccc21. The minimum atomic E-state index is -0.961. The molecular formula is C18H17NO3. The summed E-state index contributed by atoms with van der Waals surface area (Å²) < 4.78 is 1.76. The summed E-state index contributed by atoms with van der Waals surface area (Å²) in [4.78, 5) is 23.9. The van der Waals surface area contributed by atoms with Crippen LogP contribution >= 0.6 is 0 Å². The number of aromatic carboxylic acids is 1. The number of rotatable bonds is 4. The zero-order valence-electron chi connectivity index (χ0n) is 12.4. The highest BCUT2D eigenvalue weighted by molar-refractivity contribution is 6.07. The number of aromatic nitrogens is 1. The zero-order chi connectivity index (χ0) is 15.7. The first-order chi connectivity index (χ1) is 10.6. The van der Waals surface area contributed by atoms with Crippen LogP contribution < -0.4 is 5.56 Å². The lowest BCUT2D eigenvalue weighted by atomic mass is 10.0. The summed E-state index contributed by atoms with van der Waals surface area (Å²) in [7, 11) is 0. The average molecular weight is 295 g/mol. The molecule has 2 aromatic carbocycles. The van der Waals surface area contributed by atoms with Gasteiger partial charge in [-0.05, 0) is 36.1 Å². The summed E-state index contributed by atoms with van der Waals surface area (Å²) in [5.41, 5.74) is 1.01. The summed E-state index contributed by atoms with van der Waals surface area (Å²) in [6, 6.07) is 12.3. The Morgan fingerprint density at radius 2 is 1.82 bits per heavy atom. The number of carboxylic acids is 1. The van der Waals surface area contributed by atoms with Crippen molar-refractivity contribution in [3.8, 4) is 0 Å². The monoisotopic (exact) mass is 295 g/mol. The van der Waals surface area contributed by atoms with E-state index in [0.29, 0.717) is 11.9 Å². The normalized spacial score (nSPS) is 11.1. The van der Waals surface area contributed by atoms with E-state index in [4.69, 9.17) is 0 Å². The van der Waals surface area contributed by atoms with Crippen LogP contribution in [0.15, 0.2) is 47.3 Å². The summed E-state index contributed by atoms with van der Waals surface area (Å²) in [6.07, 6.45) is 1.90. The van der Waals surface area contributed by atoms with Gasteiger partial charge in [0.25, 0.3) is 5.56 Å². The molecule has 3 aromatic rings. The quantitative estimate of drug-likeness (QED) is 0.747. The Kier molecular flexibility index (Phi) is 3.67. The van der Waals surface area contributed by atoms with Gasteiger partial charge < -0.3 is 9.67 Å². The van der Waals surface area contributed by atoms with E-state index >= 15 is 0 Å². The first-order valence-electron chi connectivity index (χ1n) is 7.42. The molecule has 3 rings (SSSR count). The number of benzene rings is 2. The first kappa shape index (κ1) is 14.3. The Hall–Kier alpha value is -2.62. The lowest BCUT2D eigenvalue weighted by Crippen LogP contribution is -2.21. The van der Waals surface area contributed by atoms with Gasteiger partial charge in [-0.25, -0.2) is 4.79 Å². The van der Waals surface area contributed by atoms with Gasteiger partial charge in [0.05, 0.1) is 11.1 Å². The first-order valence-corrected chi connectivity index (χ1v) is 7.42. The highest BCUT2D eigenvalue weighted by Crippen LogP contribution is 2.24. The van der Waals surface area contributed by atoms with E-state index in [1.54, 1.807) is 28.8 Å². The van der Waals surface area contributed by atoms with Gasteiger partial charge in [0.1, 0.15) is 0 Å². The second-order valence-electron chi connectivity index (χ2n) is 5.39. The van der Waals surface area contributed by atoms with Crippen molar-refractivity contribution < 1.29 is 9.90 Å². The van der Waals surface area contributed by atoms with Gasteiger partial charge in [-0.3, -0.25) is 4.79 Å². The summed E-state index contributed by atoms with van der Waals surface area (Å²) >= 11 is 0. The zero-order valence-corrected chi connectivity index (χ0v) is 12.4. The minimum absolute atomic E-state index is 0.0142. The number of carbonyl (C=O) groups is 1. The molecule has 0 radical (unpaired) electrons. The number of nitrogens with zero attached hydrogens (tertiary/aromatic N) is 1. The number of unbranched alkanes of at least 4 members (excludes halogenated alkanes) is 1. The standard InChI is InChI=1S/C18H17NO3/c1-2-3-10-19-16-9-8-12(18(21)22)11-15(16)13-6-4-5-7-14(13)17(19)20/h4-9,11H,2-3,10H2,1H3,(H,21,22). The molecule has 4 nitrogen and oxygen atoms in total. The van der Waals surface area contributed by atoms with Crippen LogP contribution in [0.4, 0.5) is 0 Å². The number of hydrogen-bond acceptors (Lipinski definition) is 2. The maximum Gasteiger partial charge on any atom is 0.335 e. The summed E-state index contributed by atoms with van der Waals surface area (Å²) in [5, 5.41) is 11.5. The fourth-order valence-electron chi connectivity index (χ4n) is 2.82. The van der Waals surface area contributed by atoms with Gasteiger partial charge in [-0.1, -0.05) is 31.5 Å². The van der Waals surface area contributed by atoms with E-state index in [-0.39, 0.29) is 11.1 Å². The van der Waals surface area contributed by atoms with E-state index in [0.717, 1.165) is 29.1 Å². The van der Waals surface area contributed by atoms with Crippen molar-refractivity contribution in [1.82, 2.24) is 4.57 Å². The molecule has 0 bridgehead atoms. The van der Waals surface area contributed by atoms with Crippen molar-refractivity contribution in [2.75, 3.05) is 0 Å². The molecule has 0 saturated heterocycles. The molecule has 112 valence electrons. The predicted octanol–water partition coefficient (Wildman–Crippen LogP) is 3.65. The second-order valence-corrected chi connectivity index (χ2v) is 5.39. The largest absolute Gasteiger partial charge is 0.478 e. The van der Waals surface area contributed by atoms with Crippen LogP contribution in [0, 0.1) is 0 Å². The van der Waals surface area contributed by atoms with E-state index < -0.39 is 5.97 Å². The predicted molar refractivity (Wildman–Crippen MR) is 87.6 cm³/mol. The molecule has 0 saturated carbocycles. The van der Waals surface area contributed by atoms with E-state index in [2.05, 4.69) is 6.92 Å². The topological polar surface area (TPSA) is 59.3 Å². The van der Waals surface area contributed by atoms with Gasteiger partial charge in [-0.15, -0.1) is 0 Å². The Labute approximate surface area is 127 Å². The molecule has 0 aliphatic heterocycles. The Morgan fingerprint density at radius 1 is 1.09 bits per heavy atom. The highest BCUT2D eigenvalue weighted by atomic mass is 16.4. The fraction of sp³-hybridized carbons (Fsp3) is 0.222. The van der Waals surface area contributed by atoms with Crippen molar-refractivity contribution in [1.29, 1.82) is 0 Å². The molecule has 1 aromatic heterocycles. The smallest absolute Gasteiger partial charge is 0.335 e. The lowest BCUT2D eigenvalue weighted by Gasteiger charge is -2.13. The minimum Gasteiger partial charge on any atom is -0.478 e. The van der Waals surface area contributed by atoms with Crippen molar-refractivity contribution in [2.24, 2.45) is 0 Å². The fourth-order valence-corrected chi connectivity index (χ4v) is 2.82. The number of hydrogen-bond donors (Lipinski definition) is 1. The molecule has 0 unspecified atom stereocenters. The molecule has 0 aliphatic rings. The maximum atomic E-state index is 12.7. The van der Waals surface area contributed by atoms with Crippen LogP contribution in [0.25, 0.3) is 21.7 Å². The van der Waals surface area contributed by atoms with Gasteiger partial charge in [0.15, 0.2) is 0 Å². The maximum absolute atomic E-state index is 12.7. The Morgan fingerprint density at radius 3 is 2.50 bits per heavy atom. The molecule has 0 spiro atoms. The number of fused-ring (bicyclic) bond motifs is 3. The van der Waals surface area contributed by atoms with Crippen molar-refractivity contribution in [3.63, 3.8) is 0 Å². The van der Waals surface area contributed by atoms with Gasteiger partial charge in [-0.2, -0.15) is 0 Å². The number of pyridine rings is 1. The molecule has 1 N–H and O–H groups in total. The van der Waals surface area contributed by atoms with Crippen LogP contribution in [0.3, 0.4) is 0 Å². The van der Waals surface area contributed by atoms with Crippen LogP contribution in [-0.4, -0.2) is 15.6 Å². The van der Waals surface area contributed by atoms with Gasteiger partial charge in [0.2, 0.25) is 0 Å². The third kappa shape index (κ3) is 2.26. The Bertz CT molecular complexity index is 925. The molecule has 0 fully saturated rings. The van der Waals surface area contributed by atoms with E-state index in [9.17, 15) is 14.7 Å². The molecule has 0 amide bonds. The van der Waals surface area contributed by atoms with Crippen LogP contribution in [0.1, 0.15) is 30.1 Å². The van der Waals surface area contributed by atoms with Crippen LogP contribution in [0.5, 0.6) is 0 Å². The van der Waals surface area contributed by atoms with E-state index in [1.165, 1.54) is 0 Å². The third-order valence-electron chi connectivity index (χ3n) is 3.96. The van der Waals surface area contributed by atoms with Crippen LogP contribution in [-0.2, 0) is 6.54 Å². The lowest BCUT2D eigenvalue weighted by molar-refractivity contribution is 0.0697. The van der Waals surface area contributed by atoms with E-state index in [1.807, 2.05) is 18.2 Å². The number of carboxylic acid groups (broad SMARTS) is 1. The summed E-state index contributed by atoms with van der Waals surface area (Å²) in [5.74, 6) is -0.961. The summed E-state index contributed by atoms with van der Waals surface area (Å²) in [6.45, 7) is 2.72. The second kappa shape index (κ2) is 5.64. The van der Waals surface area contributed by atoms with Crippen molar-refractivity contribution in [2.45, 2.75) is 26.3 Å². The molecule has 0 aliphatic carbocycles. The van der Waals surface area contributed by atoms with Crippen molar-refractivity contribution in [3.05, 3.63) is 58.4 Å². The molecule has 4 heteroatoms. The molecule has 1 heterocycles. The molecule has 22 heavy (non-hydrogen) atoms. The van der Waals surface area contributed by atoms with Crippen molar-refractivity contribution >= 4 is 27.6 Å².